The number of benzene rings is 1. The number of rotatable bonds is 8. The minimum absolute atomic E-state index is 0.940. The van der Waals surface area contributed by atoms with Gasteiger partial charge in [0.1, 0.15) is 0 Å². The molecule has 1 rings (SSSR count). The van der Waals surface area contributed by atoms with Crippen LogP contribution in [0.1, 0.15) is 39.2 Å². The molecule has 0 aliphatic rings. The van der Waals surface area contributed by atoms with E-state index >= 15 is 0 Å². The Hall–Kier alpha value is -0.540. The fourth-order valence-electron chi connectivity index (χ4n) is 2.16. The maximum absolute atomic E-state index is 3.57. The Morgan fingerprint density at radius 3 is 2.33 bits per heavy atom. The fraction of sp³-hybridized carbons (Fsp3) is 0.600. The molecule has 0 saturated carbocycles. The Morgan fingerprint density at radius 2 is 1.78 bits per heavy atom. The van der Waals surface area contributed by atoms with Gasteiger partial charge in [0.2, 0.25) is 0 Å². The maximum Gasteiger partial charge on any atom is 0.0412 e. The summed E-state index contributed by atoms with van der Waals surface area (Å²) in [6.07, 6.45) is 2.38. The van der Waals surface area contributed by atoms with Crippen LogP contribution in [0.25, 0.3) is 0 Å². The van der Waals surface area contributed by atoms with Gasteiger partial charge in [-0.2, -0.15) is 0 Å². The Kier molecular flexibility index (Phi) is 7.36. The van der Waals surface area contributed by atoms with E-state index in [4.69, 9.17) is 0 Å². The summed E-state index contributed by atoms with van der Waals surface area (Å²) < 4.78 is 1.16. The second kappa shape index (κ2) is 8.54. The van der Waals surface area contributed by atoms with Gasteiger partial charge >= 0.3 is 0 Å². The van der Waals surface area contributed by atoms with Crippen molar-refractivity contribution in [2.75, 3.05) is 24.5 Å². The molecule has 1 N–H and O–H groups in total. The lowest BCUT2D eigenvalue weighted by Crippen LogP contribution is -2.27. The first kappa shape index (κ1) is 15.5. The maximum atomic E-state index is 3.57. The van der Waals surface area contributed by atoms with Crippen LogP contribution in [0.4, 0.5) is 5.69 Å². The topological polar surface area (TPSA) is 15.3 Å². The number of halogens is 1. The van der Waals surface area contributed by atoms with Gasteiger partial charge in [0.15, 0.2) is 0 Å². The zero-order chi connectivity index (χ0) is 13.4. The first-order valence-corrected chi connectivity index (χ1v) is 7.76. The summed E-state index contributed by atoms with van der Waals surface area (Å²) in [6.45, 7) is 10.8. The molecule has 1 aromatic rings. The first-order chi connectivity index (χ1) is 8.72. The molecule has 0 fully saturated rings. The SMILES string of the molecule is CCCN(CCC)c1ccc(Br)cc1CNCC. The Labute approximate surface area is 120 Å². The second-order valence-corrected chi connectivity index (χ2v) is 5.46. The number of nitrogens with zero attached hydrogens (tertiary/aromatic N) is 1. The Morgan fingerprint density at radius 1 is 1.11 bits per heavy atom. The van der Waals surface area contributed by atoms with Crippen molar-refractivity contribution in [3.05, 3.63) is 28.2 Å². The molecule has 0 spiro atoms. The number of hydrogen-bond donors (Lipinski definition) is 1. The van der Waals surface area contributed by atoms with Gasteiger partial charge in [-0.3, -0.25) is 0 Å². The van der Waals surface area contributed by atoms with Crippen molar-refractivity contribution in [3.63, 3.8) is 0 Å². The molecule has 0 aromatic heterocycles. The molecule has 0 radical (unpaired) electrons. The summed E-state index contributed by atoms with van der Waals surface area (Å²) in [5, 5.41) is 3.42. The van der Waals surface area contributed by atoms with Crippen LogP contribution in [0.15, 0.2) is 22.7 Å². The molecule has 18 heavy (non-hydrogen) atoms. The highest BCUT2D eigenvalue weighted by atomic mass is 79.9. The minimum atomic E-state index is 0.940. The number of anilines is 1. The smallest absolute Gasteiger partial charge is 0.0412 e. The second-order valence-electron chi connectivity index (χ2n) is 4.54. The van der Waals surface area contributed by atoms with Gasteiger partial charge in [0, 0.05) is 29.8 Å². The zero-order valence-electron chi connectivity index (χ0n) is 11.8. The molecule has 0 amide bonds. The van der Waals surface area contributed by atoms with Gasteiger partial charge in [0.05, 0.1) is 0 Å². The molecule has 1 aromatic carbocycles. The van der Waals surface area contributed by atoms with Crippen LogP contribution in [-0.2, 0) is 6.54 Å². The van der Waals surface area contributed by atoms with Crippen molar-refractivity contribution in [3.8, 4) is 0 Å². The lowest BCUT2D eigenvalue weighted by atomic mass is 10.1. The summed E-state index contributed by atoms with van der Waals surface area (Å²) in [4.78, 5) is 2.50. The standard InChI is InChI=1S/C15H25BrN2/c1-4-9-18(10-5-2)15-8-7-14(16)11-13(15)12-17-6-3/h7-8,11,17H,4-6,9-10,12H2,1-3H3. The molecule has 3 heteroatoms. The van der Waals surface area contributed by atoms with Crippen molar-refractivity contribution in [1.82, 2.24) is 5.32 Å². The Balaban J connectivity index is 2.95. The van der Waals surface area contributed by atoms with Crippen LogP contribution in [0.5, 0.6) is 0 Å². The fourth-order valence-corrected chi connectivity index (χ4v) is 2.56. The van der Waals surface area contributed by atoms with Gasteiger partial charge in [-0.15, -0.1) is 0 Å². The van der Waals surface area contributed by atoms with Gasteiger partial charge in [-0.1, -0.05) is 36.7 Å². The van der Waals surface area contributed by atoms with Gasteiger partial charge in [-0.25, -0.2) is 0 Å². The van der Waals surface area contributed by atoms with Crippen molar-refractivity contribution < 1.29 is 0 Å². The highest BCUT2D eigenvalue weighted by Gasteiger charge is 2.10. The third kappa shape index (κ3) is 4.62. The monoisotopic (exact) mass is 312 g/mol. The molecule has 0 heterocycles. The van der Waals surface area contributed by atoms with E-state index in [1.807, 2.05) is 0 Å². The predicted molar refractivity (Wildman–Crippen MR) is 84.3 cm³/mol. The van der Waals surface area contributed by atoms with Crippen molar-refractivity contribution in [1.29, 1.82) is 0 Å². The van der Waals surface area contributed by atoms with E-state index in [2.05, 4.69) is 65.1 Å². The van der Waals surface area contributed by atoms with Gasteiger partial charge in [0.25, 0.3) is 0 Å². The molecule has 0 aliphatic heterocycles. The number of nitrogens with one attached hydrogen (secondary N) is 1. The van der Waals surface area contributed by atoms with E-state index in [0.717, 1.165) is 30.7 Å². The van der Waals surface area contributed by atoms with E-state index in [-0.39, 0.29) is 0 Å². The highest BCUT2D eigenvalue weighted by molar-refractivity contribution is 9.10. The van der Waals surface area contributed by atoms with Gasteiger partial charge < -0.3 is 10.2 Å². The van der Waals surface area contributed by atoms with E-state index in [0.29, 0.717) is 0 Å². The van der Waals surface area contributed by atoms with Crippen molar-refractivity contribution in [2.45, 2.75) is 40.2 Å². The molecule has 0 saturated heterocycles. The largest absolute Gasteiger partial charge is 0.371 e. The highest BCUT2D eigenvalue weighted by Crippen LogP contribution is 2.25. The van der Waals surface area contributed by atoms with Crippen LogP contribution in [0.3, 0.4) is 0 Å². The quantitative estimate of drug-likeness (QED) is 0.774. The van der Waals surface area contributed by atoms with Crippen LogP contribution in [0, 0.1) is 0 Å². The van der Waals surface area contributed by atoms with E-state index < -0.39 is 0 Å². The van der Waals surface area contributed by atoms with E-state index in [1.54, 1.807) is 0 Å². The lowest BCUT2D eigenvalue weighted by Gasteiger charge is -2.26. The van der Waals surface area contributed by atoms with Crippen LogP contribution in [0.2, 0.25) is 0 Å². The molecule has 2 nitrogen and oxygen atoms in total. The normalized spacial score (nSPS) is 10.7. The summed E-state index contributed by atoms with van der Waals surface area (Å²) in [6, 6.07) is 6.61. The van der Waals surface area contributed by atoms with E-state index in [1.165, 1.54) is 24.1 Å². The summed E-state index contributed by atoms with van der Waals surface area (Å²) in [5.74, 6) is 0. The minimum Gasteiger partial charge on any atom is -0.371 e. The summed E-state index contributed by atoms with van der Waals surface area (Å²) >= 11 is 3.57. The molecular weight excluding hydrogens is 288 g/mol. The summed E-state index contributed by atoms with van der Waals surface area (Å²) in [5.41, 5.74) is 2.76. The molecular formula is C15H25BrN2. The number of hydrogen-bond acceptors (Lipinski definition) is 2. The Bertz CT molecular complexity index is 346. The van der Waals surface area contributed by atoms with Crippen LogP contribution >= 0.6 is 15.9 Å². The average Bonchev–Trinajstić information content (AvgIpc) is 2.36. The molecule has 0 unspecified atom stereocenters. The van der Waals surface area contributed by atoms with E-state index in [9.17, 15) is 0 Å². The first-order valence-electron chi connectivity index (χ1n) is 6.97. The zero-order valence-corrected chi connectivity index (χ0v) is 13.4. The molecule has 0 bridgehead atoms. The van der Waals surface area contributed by atoms with Crippen LogP contribution < -0.4 is 10.2 Å². The van der Waals surface area contributed by atoms with Gasteiger partial charge in [-0.05, 0) is 43.1 Å². The molecule has 102 valence electrons. The summed E-state index contributed by atoms with van der Waals surface area (Å²) in [7, 11) is 0. The van der Waals surface area contributed by atoms with Crippen molar-refractivity contribution >= 4 is 21.6 Å². The third-order valence-corrected chi connectivity index (χ3v) is 3.43. The molecule has 0 aliphatic carbocycles. The average molecular weight is 313 g/mol. The van der Waals surface area contributed by atoms with Crippen LogP contribution in [-0.4, -0.2) is 19.6 Å². The third-order valence-electron chi connectivity index (χ3n) is 2.93. The lowest BCUT2D eigenvalue weighted by molar-refractivity contribution is 0.706. The van der Waals surface area contributed by atoms with Crippen molar-refractivity contribution in [2.24, 2.45) is 0 Å². The predicted octanol–water partition coefficient (Wildman–Crippen LogP) is 4.19. The molecule has 0 atom stereocenters.